The van der Waals surface area contributed by atoms with E-state index in [9.17, 15) is 0 Å². The molecule has 3 aliphatic rings. The van der Waals surface area contributed by atoms with Crippen molar-refractivity contribution in [2.75, 3.05) is 20.5 Å². The van der Waals surface area contributed by atoms with Crippen LogP contribution < -0.4 is 0 Å². The molecule has 2 nitrogen and oxygen atoms in total. The molecule has 0 aromatic heterocycles. The van der Waals surface area contributed by atoms with Gasteiger partial charge in [-0.2, -0.15) is 0 Å². The smallest absolute Gasteiger partial charge is 0.146 e. The molecule has 2 heteroatoms. The maximum Gasteiger partial charge on any atom is 0.146 e. The van der Waals surface area contributed by atoms with E-state index in [0.29, 0.717) is 12.2 Å². The Kier molecular flexibility index (Phi) is 3.17. The molecule has 0 heterocycles. The van der Waals surface area contributed by atoms with Crippen LogP contribution in [-0.2, 0) is 9.47 Å². The van der Waals surface area contributed by atoms with Gasteiger partial charge in [0.2, 0.25) is 0 Å². The van der Waals surface area contributed by atoms with E-state index in [0.717, 1.165) is 24.9 Å². The molecule has 2 unspecified atom stereocenters. The lowest BCUT2D eigenvalue weighted by atomic mass is 9.48. The van der Waals surface area contributed by atoms with Gasteiger partial charge in [-0.25, -0.2) is 0 Å². The predicted octanol–water partition coefficient (Wildman–Crippen LogP) is 2.99. The molecule has 0 aliphatic heterocycles. The highest BCUT2D eigenvalue weighted by Crippen LogP contribution is 2.59. The second kappa shape index (κ2) is 4.26. The van der Waals surface area contributed by atoms with Crippen molar-refractivity contribution >= 4 is 0 Å². The summed E-state index contributed by atoms with van der Waals surface area (Å²) in [5.41, 5.74) is 2.17. The zero-order valence-corrected chi connectivity index (χ0v) is 10.1. The van der Waals surface area contributed by atoms with Gasteiger partial charge in [0.15, 0.2) is 0 Å². The van der Waals surface area contributed by atoms with Crippen LogP contribution in [0.15, 0.2) is 11.6 Å². The molecule has 0 aromatic rings. The number of allylic oxidation sites excluding steroid dienone is 1. The third-order valence-electron chi connectivity index (χ3n) is 4.32. The van der Waals surface area contributed by atoms with Crippen LogP contribution in [0, 0.1) is 17.3 Å². The summed E-state index contributed by atoms with van der Waals surface area (Å²) in [5, 5.41) is 0. The first-order chi connectivity index (χ1) is 7.16. The zero-order valence-electron chi connectivity index (χ0n) is 10.1. The summed E-state index contributed by atoms with van der Waals surface area (Å²) in [4.78, 5) is 0. The minimum absolute atomic E-state index is 0.421. The van der Waals surface area contributed by atoms with Gasteiger partial charge in [0.05, 0.1) is 6.61 Å². The molecule has 0 N–H and O–H groups in total. The molecule has 2 bridgehead atoms. The molecule has 0 spiro atoms. The Morgan fingerprint density at radius 3 is 2.87 bits per heavy atom. The highest BCUT2D eigenvalue weighted by Gasteiger charge is 2.50. The maximum atomic E-state index is 5.36. The maximum absolute atomic E-state index is 5.36. The summed E-state index contributed by atoms with van der Waals surface area (Å²) in [6.45, 7) is 6.05. The lowest BCUT2D eigenvalue weighted by Gasteiger charge is -2.56. The molecular formula is C13H22O2. The van der Waals surface area contributed by atoms with Crippen molar-refractivity contribution in [3.63, 3.8) is 0 Å². The molecule has 0 saturated heterocycles. The normalized spacial score (nSPS) is 32.1. The van der Waals surface area contributed by atoms with E-state index in [1.165, 1.54) is 12.8 Å². The number of methoxy groups -OCH3 is 1. The molecule has 1 fully saturated rings. The lowest BCUT2D eigenvalue weighted by molar-refractivity contribution is -0.0378. The molecule has 86 valence electrons. The van der Waals surface area contributed by atoms with Crippen molar-refractivity contribution in [3.8, 4) is 0 Å². The zero-order chi connectivity index (χ0) is 10.9. The standard InChI is InChI=1S/C13H22O2/c1-13(2)11-5-4-10(12(13)8-11)6-7-15-9-14-3/h4,11-12H,5-9H2,1-3H3. The van der Waals surface area contributed by atoms with Crippen LogP contribution >= 0.6 is 0 Å². The minimum Gasteiger partial charge on any atom is -0.359 e. The average Bonchev–Trinajstić information content (AvgIpc) is 2.24. The average molecular weight is 210 g/mol. The first-order valence-electron chi connectivity index (χ1n) is 5.92. The van der Waals surface area contributed by atoms with E-state index in [1.54, 1.807) is 12.7 Å². The molecule has 1 saturated carbocycles. The van der Waals surface area contributed by atoms with Gasteiger partial charge >= 0.3 is 0 Å². The number of fused-ring (bicyclic) bond motifs is 1. The Hall–Kier alpha value is -0.340. The van der Waals surface area contributed by atoms with Crippen molar-refractivity contribution in [1.82, 2.24) is 0 Å². The van der Waals surface area contributed by atoms with Crippen LogP contribution in [0.1, 0.15) is 33.1 Å². The number of hydrogen-bond donors (Lipinski definition) is 0. The number of hydrogen-bond acceptors (Lipinski definition) is 2. The van der Waals surface area contributed by atoms with Crippen LogP contribution in [0.5, 0.6) is 0 Å². The fraction of sp³-hybridized carbons (Fsp3) is 0.846. The third kappa shape index (κ3) is 1.98. The first kappa shape index (κ1) is 11.2. The number of ether oxygens (including phenoxy) is 2. The van der Waals surface area contributed by atoms with Gasteiger partial charge in [0.25, 0.3) is 0 Å². The Labute approximate surface area is 92.6 Å². The van der Waals surface area contributed by atoms with Crippen molar-refractivity contribution in [1.29, 1.82) is 0 Å². The van der Waals surface area contributed by atoms with Crippen LogP contribution in [-0.4, -0.2) is 20.5 Å². The summed E-state index contributed by atoms with van der Waals surface area (Å²) >= 11 is 0. The van der Waals surface area contributed by atoms with E-state index < -0.39 is 0 Å². The van der Waals surface area contributed by atoms with Gasteiger partial charge in [-0.15, -0.1) is 0 Å². The monoisotopic (exact) mass is 210 g/mol. The fourth-order valence-electron chi connectivity index (χ4n) is 3.09. The Balaban J connectivity index is 1.81. The van der Waals surface area contributed by atoms with Crippen molar-refractivity contribution in [3.05, 3.63) is 11.6 Å². The summed E-state index contributed by atoms with van der Waals surface area (Å²) in [7, 11) is 1.67. The Morgan fingerprint density at radius 1 is 1.47 bits per heavy atom. The molecule has 3 aliphatic carbocycles. The van der Waals surface area contributed by atoms with E-state index in [-0.39, 0.29) is 0 Å². The van der Waals surface area contributed by atoms with Crippen LogP contribution in [0.4, 0.5) is 0 Å². The Bertz CT molecular complexity index is 255. The van der Waals surface area contributed by atoms with Crippen molar-refractivity contribution in [2.45, 2.75) is 33.1 Å². The van der Waals surface area contributed by atoms with Gasteiger partial charge in [0.1, 0.15) is 6.79 Å². The second-order valence-corrected chi connectivity index (χ2v) is 5.39. The molecule has 2 atom stereocenters. The van der Waals surface area contributed by atoms with Crippen molar-refractivity contribution in [2.24, 2.45) is 17.3 Å². The highest BCUT2D eigenvalue weighted by atomic mass is 16.7. The summed E-state index contributed by atoms with van der Waals surface area (Å²) in [5.74, 6) is 1.76. The van der Waals surface area contributed by atoms with Gasteiger partial charge < -0.3 is 9.47 Å². The molecule has 0 radical (unpaired) electrons. The predicted molar refractivity (Wildman–Crippen MR) is 60.5 cm³/mol. The van der Waals surface area contributed by atoms with E-state index >= 15 is 0 Å². The van der Waals surface area contributed by atoms with Crippen molar-refractivity contribution < 1.29 is 9.47 Å². The SMILES string of the molecule is COCOCCC1=CCC2CC1C2(C)C. The van der Waals surface area contributed by atoms with Gasteiger partial charge in [-0.3, -0.25) is 0 Å². The van der Waals surface area contributed by atoms with Gasteiger partial charge in [-0.05, 0) is 36.5 Å². The van der Waals surface area contributed by atoms with E-state index in [1.807, 2.05) is 0 Å². The molecule has 0 amide bonds. The minimum atomic E-state index is 0.421. The van der Waals surface area contributed by atoms with E-state index in [4.69, 9.17) is 9.47 Å². The Morgan fingerprint density at radius 2 is 2.27 bits per heavy atom. The summed E-state index contributed by atoms with van der Waals surface area (Å²) in [6.07, 6.45) is 6.22. The third-order valence-corrected chi connectivity index (χ3v) is 4.32. The first-order valence-corrected chi connectivity index (χ1v) is 5.92. The van der Waals surface area contributed by atoms with Crippen LogP contribution in [0.25, 0.3) is 0 Å². The van der Waals surface area contributed by atoms with E-state index in [2.05, 4.69) is 19.9 Å². The lowest BCUT2D eigenvalue weighted by Crippen LogP contribution is -2.48. The molecule has 15 heavy (non-hydrogen) atoms. The van der Waals surface area contributed by atoms with Crippen LogP contribution in [0.3, 0.4) is 0 Å². The largest absolute Gasteiger partial charge is 0.359 e. The van der Waals surface area contributed by atoms with Crippen LogP contribution in [0.2, 0.25) is 0 Å². The quantitative estimate of drug-likeness (QED) is 0.394. The summed E-state index contributed by atoms with van der Waals surface area (Å²) in [6, 6.07) is 0. The molecule has 3 rings (SSSR count). The molecular weight excluding hydrogens is 188 g/mol. The van der Waals surface area contributed by atoms with Gasteiger partial charge in [-0.1, -0.05) is 25.5 Å². The topological polar surface area (TPSA) is 18.5 Å². The summed E-state index contributed by atoms with van der Waals surface area (Å²) < 4.78 is 10.2. The van der Waals surface area contributed by atoms with Gasteiger partial charge in [0, 0.05) is 7.11 Å². The molecule has 0 aromatic carbocycles. The fourth-order valence-corrected chi connectivity index (χ4v) is 3.09. The second-order valence-electron chi connectivity index (χ2n) is 5.39. The highest BCUT2D eigenvalue weighted by molar-refractivity contribution is 5.23. The number of rotatable bonds is 5.